The van der Waals surface area contributed by atoms with E-state index in [1.54, 1.807) is 0 Å². The van der Waals surface area contributed by atoms with Gasteiger partial charge in [0, 0.05) is 34.7 Å². The van der Waals surface area contributed by atoms with Crippen molar-refractivity contribution < 1.29 is 9.84 Å². The first-order valence-corrected chi connectivity index (χ1v) is 10.3. The zero-order valence-electron chi connectivity index (χ0n) is 15.0. The largest absolute Gasteiger partial charge is 0.493 e. The number of hydrogen-bond donors (Lipinski definition) is 1. The van der Waals surface area contributed by atoms with Crippen LogP contribution in [0.4, 0.5) is 0 Å². The lowest BCUT2D eigenvalue weighted by Crippen LogP contribution is -2.42. The van der Waals surface area contributed by atoms with Crippen LogP contribution in [0.1, 0.15) is 37.3 Å². The number of rotatable bonds is 6. The molecule has 0 spiro atoms. The SMILES string of the molecule is CCCOc1ccc(Br)cc1CN1CCC(O)(c2ccc(Cl)cc2)CC1. The van der Waals surface area contributed by atoms with Gasteiger partial charge in [-0.15, -0.1) is 0 Å². The lowest BCUT2D eigenvalue weighted by Gasteiger charge is -2.38. The Morgan fingerprint density at radius 1 is 1.15 bits per heavy atom. The molecule has 1 N–H and O–H groups in total. The van der Waals surface area contributed by atoms with Crippen LogP contribution in [0.15, 0.2) is 46.9 Å². The summed E-state index contributed by atoms with van der Waals surface area (Å²) in [6.45, 7) is 5.36. The molecule has 0 amide bonds. The van der Waals surface area contributed by atoms with Crippen LogP contribution in [0.25, 0.3) is 0 Å². The van der Waals surface area contributed by atoms with E-state index in [-0.39, 0.29) is 0 Å². The molecule has 5 heteroatoms. The molecule has 0 radical (unpaired) electrons. The lowest BCUT2D eigenvalue weighted by molar-refractivity contribution is -0.0278. The molecule has 1 saturated heterocycles. The Morgan fingerprint density at radius 2 is 1.85 bits per heavy atom. The summed E-state index contributed by atoms with van der Waals surface area (Å²) in [6.07, 6.45) is 2.43. The molecule has 3 nitrogen and oxygen atoms in total. The van der Waals surface area contributed by atoms with E-state index in [0.717, 1.165) is 48.4 Å². The highest BCUT2D eigenvalue weighted by Crippen LogP contribution is 2.34. The van der Waals surface area contributed by atoms with E-state index in [1.807, 2.05) is 36.4 Å². The maximum atomic E-state index is 11.0. The van der Waals surface area contributed by atoms with Crippen LogP contribution < -0.4 is 4.74 Å². The fraction of sp³-hybridized carbons (Fsp3) is 0.429. The summed E-state index contributed by atoms with van der Waals surface area (Å²) < 4.78 is 6.96. The third-order valence-electron chi connectivity index (χ3n) is 4.94. The summed E-state index contributed by atoms with van der Waals surface area (Å²) in [6, 6.07) is 13.7. The minimum atomic E-state index is -0.764. The maximum absolute atomic E-state index is 11.0. The van der Waals surface area contributed by atoms with Gasteiger partial charge in [0.2, 0.25) is 0 Å². The molecule has 1 aliphatic rings. The van der Waals surface area contributed by atoms with Gasteiger partial charge in [0.25, 0.3) is 0 Å². The average Bonchev–Trinajstić information content (AvgIpc) is 2.64. The molecule has 2 aromatic rings. The number of ether oxygens (including phenoxy) is 1. The van der Waals surface area contributed by atoms with Crippen LogP contribution in [-0.2, 0) is 12.1 Å². The van der Waals surface area contributed by atoms with Crippen molar-refractivity contribution in [3.63, 3.8) is 0 Å². The smallest absolute Gasteiger partial charge is 0.123 e. The highest BCUT2D eigenvalue weighted by molar-refractivity contribution is 9.10. The first kappa shape index (κ1) is 19.7. The Bertz CT molecular complexity index is 727. The predicted octanol–water partition coefficient (Wildman–Crippen LogP) is 5.37. The number of hydrogen-bond acceptors (Lipinski definition) is 3. The predicted molar refractivity (Wildman–Crippen MR) is 110 cm³/mol. The van der Waals surface area contributed by atoms with Crippen LogP contribution in [0.2, 0.25) is 5.02 Å². The van der Waals surface area contributed by atoms with E-state index in [2.05, 4.69) is 33.8 Å². The summed E-state index contributed by atoms with van der Waals surface area (Å²) in [5, 5.41) is 11.7. The molecule has 3 rings (SSSR count). The summed E-state index contributed by atoms with van der Waals surface area (Å²) in [7, 11) is 0. The molecule has 0 bridgehead atoms. The van der Waals surface area contributed by atoms with Gasteiger partial charge >= 0.3 is 0 Å². The Kier molecular flexibility index (Phi) is 6.62. The molecule has 1 heterocycles. The van der Waals surface area contributed by atoms with E-state index >= 15 is 0 Å². The van der Waals surface area contributed by atoms with E-state index in [4.69, 9.17) is 16.3 Å². The Hall–Kier alpha value is -1.07. The molecule has 2 aromatic carbocycles. The molecular formula is C21H25BrClNO2. The maximum Gasteiger partial charge on any atom is 0.123 e. The fourth-order valence-corrected chi connectivity index (χ4v) is 3.93. The number of benzene rings is 2. The van der Waals surface area contributed by atoms with Gasteiger partial charge in [0.15, 0.2) is 0 Å². The zero-order valence-corrected chi connectivity index (χ0v) is 17.4. The van der Waals surface area contributed by atoms with Crippen LogP contribution in [0.3, 0.4) is 0 Å². The molecule has 0 saturated carbocycles. The van der Waals surface area contributed by atoms with Gasteiger partial charge in [-0.3, -0.25) is 4.90 Å². The standard InChI is InChI=1S/C21H25BrClNO2/c1-2-13-26-20-8-5-18(22)14-16(20)15-24-11-9-21(25,10-12-24)17-3-6-19(23)7-4-17/h3-8,14,25H,2,9-13,15H2,1H3. The minimum Gasteiger partial charge on any atom is -0.493 e. The molecule has 140 valence electrons. The van der Waals surface area contributed by atoms with Crippen molar-refractivity contribution in [1.82, 2.24) is 4.90 Å². The van der Waals surface area contributed by atoms with Gasteiger partial charge in [-0.1, -0.05) is 46.6 Å². The van der Waals surface area contributed by atoms with Crippen molar-refractivity contribution in [1.29, 1.82) is 0 Å². The highest BCUT2D eigenvalue weighted by atomic mass is 79.9. The Balaban J connectivity index is 1.65. The van der Waals surface area contributed by atoms with Crippen molar-refractivity contribution in [2.75, 3.05) is 19.7 Å². The van der Waals surface area contributed by atoms with Gasteiger partial charge in [-0.2, -0.15) is 0 Å². The number of piperidine rings is 1. The van der Waals surface area contributed by atoms with Gasteiger partial charge in [-0.25, -0.2) is 0 Å². The topological polar surface area (TPSA) is 32.7 Å². The summed E-state index contributed by atoms with van der Waals surface area (Å²) in [4.78, 5) is 2.38. The van der Waals surface area contributed by atoms with Crippen LogP contribution in [0.5, 0.6) is 5.75 Å². The van der Waals surface area contributed by atoms with E-state index in [1.165, 1.54) is 5.56 Å². The monoisotopic (exact) mass is 437 g/mol. The molecule has 1 fully saturated rings. The molecule has 26 heavy (non-hydrogen) atoms. The van der Waals surface area contributed by atoms with Crippen LogP contribution in [0, 0.1) is 0 Å². The quantitative estimate of drug-likeness (QED) is 0.657. The van der Waals surface area contributed by atoms with Gasteiger partial charge in [-0.05, 0) is 55.2 Å². The first-order chi connectivity index (χ1) is 12.5. The Morgan fingerprint density at radius 3 is 2.50 bits per heavy atom. The number of likely N-dealkylation sites (tertiary alicyclic amines) is 1. The zero-order chi connectivity index (χ0) is 18.6. The number of halogens is 2. The van der Waals surface area contributed by atoms with Crippen molar-refractivity contribution >= 4 is 27.5 Å². The Labute approximate surface area is 169 Å². The van der Waals surface area contributed by atoms with Gasteiger partial charge in [0.05, 0.1) is 12.2 Å². The van der Waals surface area contributed by atoms with Crippen LogP contribution >= 0.6 is 27.5 Å². The molecular weight excluding hydrogens is 414 g/mol. The molecule has 0 unspecified atom stereocenters. The second-order valence-electron chi connectivity index (χ2n) is 6.92. The minimum absolute atomic E-state index is 0.698. The molecule has 0 atom stereocenters. The van der Waals surface area contributed by atoms with E-state index in [0.29, 0.717) is 17.9 Å². The summed E-state index contributed by atoms with van der Waals surface area (Å²) in [5.74, 6) is 0.952. The summed E-state index contributed by atoms with van der Waals surface area (Å²) >= 11 is 9.53. The molecule has 1 aliphatic heterocycles. The van der Waals surface area contributed by atoms with Gasteiger partial charge < -0.3 is 9.84 Å². The highest BCUT2D eigenvalue weighted by Gasteiger charge is 2.34. The first-order valence-electron chi connectivity index (χ1n) is 9.12. The third-order valence-corrected chi connectivity index (χ3v) is 5.69. The summed E-state index contributed by atoms with van der Waals surface area (Å²) in [5.41, 5.74) is 1.38. The van der Waals surface area contributed by atoms with Crippen molar-refractivity contribution in [2.45, 2.75) is 38.3 Å². The van der Waals surface area contributed by atoms with Crippen molar-refractivity contribution in [3.8, 4) is 5.75 Å². The normalized spacial score (nSPS) is 17.2. The second-order valence-corrected chi connectivity index (χ2v) is 8.27. The lowest BCUT2D eigenvalue weighted by atomic mass is 9.84. The second kappa shape index (κ2) is 8.75. The molecule has 0 aromatic heterocycles. The van der Waals surface area contributed by atoms with E-state index < -0.39 is 5.60 Å². The van der Waals surface area contributed by atoms with Gasteiger partial charge in [0.1, 0.15) is 5.75 Å². The average molecular weight is 439 g/mol. The van der Waals surface area contributed by atoms with Crippen LogP contribution in [-0.4, -0.2) is 29.7 Å². The molecule has 0 aliphatic carbocycles. The van der Waals surface area contributed by atoms with Crippen molar-refractivity contribution in [2.24, 2.45) is 0 Å². The number of nitrogens with zero attached hydrogens (tertiary/aromatic N) is 1. The van der Waals surface area contributed by atoms with E-state index in [9.17, 15) is 5.11 Å². The fourth-order valence-electron chi connectivity index (χ4n) is 3.40. The number of aliphatic hydroxyl groups is 1. The van der Waals surface area contributed by atoms with Crippen molar-refractivity contribution in [3.05, 3.63) is 63.1 Å². The third kappa shape index (κ3) is 4.80.